The molecule has 0 aliphatic rings. The molecular weight excluding hydrogens is 299 g/mol. The number of benzene rings is 1. The van der Waals surface area contributed by atoms with Crippen LogP contribution in [-0.4, -0.2) is 21.0 Å². The molecule has 1 aromatic carbocycles. The number of carboxylic acid groups (broad SMARTS) is 1. The van der Waals surface area contributed by atoms with E-state index < -0.39 is 17.7 Å². The third-order valence-electron chi connectivity index (χ3n) is 3.45. The summed E-state index contributed by atoms with van der Waals surface area (Å²) in [6.07, 6.45) is 5.81. The molecule has 2 aromatic heterocycles. The van der Waals surface area contributed by atoms with Crippen molar-refractivity contribution >= 4 is 5.97 Å². The van der Waals surface area contributed by atoms with Crippen molar-refractivity contribution in [3.63, 3.8) is 0 Å². The van der Waals surface area contributed by atoms with Gasteiger partial charge in [-0.05, 0) is 29.3 Å². The van der Waals surface area contributed by atoms with Gasteiger partial charge >= 0.3 is 5.97 Å². The van der Waals surface area contributed by atoms with Gasteiger partial charge in [0.25, 0.3) is 0 Å². The molecule has 2 heterocycles. The lowest BCUT2D eigenvalue weighted by Crippen LogP contribution is -2.09. The molecule has 0 saturated heterocycles. The van der Waals surface area contributed by atoms with Crippen molar-refractivity contribution in [2.24, 2.45) is 0 Å². The number of aliphatic carboxylic acids is 1. The van der Waals surface area contributed by atoms with Crippen LogP contribution in [0.3, 0.4) is 0 Å². The first kappa shape index (κ1) is 14.9. The Morgan fingerprint density at radius 2 is 2.13 bits per heavy atom. The van der Waals surface area contributed by atoms with E-state index in [0.29, 0.717) is 11.1 Å². The highest BCUT2D eigenvalue weighted by Gasteiger charge is 2.23. The van der Waals surface area contributed by atoms with Crippen molar-refractivity contribution in [2.75, 3.05) is 0 Å². The van der Waals surface area contributed by atoms with Gasteiger partial charge in [0, 0.05) is 18.0 Å². The van der Waals surface area contributed by atoms with Crippen LogP contribution < -0.4 is 0 Å². The summed E-state index contributed by atoms with van der Waals surface area (Å²) in [6.45, 7) is 0. The Kier molecular flexibility index (Phi) is 4.14. The van der Waals surface area contributed by atoms with Gasteiger partial charge in [0.2, 0.25) is 5.89 Å². The van der Waals surface area contributed by atoms with Gasteiger partial charge in [-0.1, -0.05) is 12.1 Å². The van der Waals surface area contributed by atoms with Crippen LogP contribution in [0.25, 0.3) is 11.1 Å². The molecule has 1 atom stereocenters. The number of nitrogens with zero attached hydrogens (tertiary/aromatic N) is 2. The van der Waals surface area contributed by atoms with Gasteiger partial charge in [0.05, 0.1) is 18.5 Å². The highest BCUT2D eigenvalue weighted by atomic mass is 19.1. The predicted octanol–water partition coefficient (Wildman–Crippen LogP) is 3.48. The van der Waals surface area contributed by atoms with E-state index in [4.69, 9.17) is 9.52 Å². The van der Waals surface area contributed by atoms with Gasteiger partial charge in [0.1, 0.15) is 12.1 Å². The lowest BCUT2D eigenvalue weighted by Gasteiger charge is -2.13. The van der Waals surface area contributed by atoms with E-state index in [1.165, 1.54) is 24.6 Å². The number of halogens is 1. The van der Waals surface area contributed by atoms with Gasteiger partial charge in [-0.2, -0.15) is 0 Å². The van der Waals surface area contributed by atoms with E-state index >= 15 is 0 Å². The monoisotopic (exact) mass is 312 g/mol. The Labute approximate surface area is 131 Å². The molecule has 3 aromatic rings. The second kappa shape index (κ2) is 6.39. The maximum atomic E-state index is 14.0. The third-order valence-corrected chi connectivity index (χ3v) is 3.45. The quantitative estimate of drug-likeness (QED) is 0.780. The number of rotatable bonds is 5. The molecule has 1 unspecified atom stereocenters. The molecule has 0 spiro atoms. The van der Waals surface area contributed by atoms with Crippen molar-refractivity contribution in [3.05, 3.63) is 72.5 Å². The fourth-order valence-electron chi connectivity index (χ4n) is 2.44. The minimum atomic E-state index is -1.01. The average molecular weight is 312 g/mol. The molecule has 23 heavy (non-hydrogen) atoms. The number of hydrogen-bond acceptors (Lipinski definition) is 4. The molecule has 0 aliphatic carbocycles. The summed E-state index contributed by atoms with van der Waals surface area (Å²) in [5.74, 6) is -1.88. The van der Waals surface area contributed by atoms with Crippen molar-refractivity contribution < 1.29 is 18.7 Å². The zero-order valence-corrected chi connectivity index (χ0v) is 12.0. The molecule has 3 rings (SSSR count). The first-order chi connectivity index (χ1) is 11.1. The van der Waals surface area contributed by atoms with E-state index in [1.54, 1.807) is 24.5 Å². The van der Waals surface area contributed by atoms with Crippen molar-refractivity contribution in [2.45, 2.75) is 12.3 Å². The van der Waals surface area contributed by atoms with Crippen molar-refractivity contribution in [3.8, 4) is 11.1 Å². The maximum Gasteiger partial charge on any atom is 0.304 e. The Balaban J connectivity index is 2.06. The summed E-state index contributed by atoms with van der Waals surface area (Å²) in [7, 11) is 0. The van der Waals surface area contributed by atoms with Crippen molar-refractivity contribution in [1.82, 2.24) is 9.97 Å². The fraction of sp³-hybridized carbons (Fsp3) is 0.118. The summed E-state index contributed by atoms with van der Waals surface area (Å²) in [5.41, 5.74) is 1.86. The van der Waals surface area contributed by atoms with Gasteiger partial charge in [0.15, 0.2) is 0 Å². The van der Waals surface area contributed by atoms with Crippen LogP contribution in [0.1, 0.15) is 23.8 Å². The SMILES string of the molecule is O=C(O)CC(c1cc(F)cc(-c2cccnc2)c1)c1ncco1. The standard InChI is InChI=1S/C17H13FN2O3/c18-14-7-12(11-2-1-3-19-10-11)6-13(8-14)15(9-16(21)22)17-20-4-5-23-17/h1-8,10,15H,9H2,(H,21,22). The minimum Gasteiger partial charge on any atom is -0.481 e. The highest BCUT2D eigenvalue weighted by molar-refractivity contribution is 5.69. The minimum absolute atomic E-state index is 0.240. The molecule has 5 nitrogen and oxygen atoms in total. The van der Waals surface area contributed by atoms with Crippen LogP contribution in [0.5, 0.6) is 0 Å². The number of aromatic nitrogens is 2. The molecule has 0 amide bonds. The number of pyridine rings is 1. The Morgan fingerprint density at radius 1 is 1.26 bits per heavy atom. The van der Waals surface area contributed by atoms with Crippen molar-refractivity contribution in [1.29, 1.82) is 0 Å². The Bertz CT molecular complexity index is 804. The van der Waals surface area contributed by atoms with Crippen LogP contribution in [-0.2, 0) is 4.79 Å². The molecule has 6 heteroatoms. The normalized spacial score (nSPS) is 12.0. The summed E-state index contributed by atoms with van der Waals surface area (Å²) in [5, 5.41) is 9.13. The van der Waals surface area contributed by atoms with Crippen LogP contribution in [0.4, 0.5) is 4.39 Å². The molecule has 0 aliphatic heterocycles. The highest BCUT2D eigenvalue weighted by Crippen LogP contribution is 2.31. The van der Waals surface area contributed by atoms with Crippen LogP contribution in [0, 0.1) is 5.82 Å². The summed E-state index contributed by atoms with van der Waals surface area (Å²) in [4.78, 5) is 19.2. The first-order valence-electron chi connectivity index (χ1n) is 6.95. The van der Waals surface area contributed by atoms with E-state index in [-0.39, 0.29) is 12.3 Å². The molecule has 1 N–H and O–H groups in total. The Morgan fingerprint density at radius 3 is 2.78 bits per heavy atom. The van der Waals surface area contributed by atoms with Crippen LogP contribution in [0.2, 0.25) is 0 Å². The average Bonchev–Trinajstić information content (AvgIpc) is 3.07. The van der Waals surface area contributed by atoms with Gasteiger partial charge in [-0.15, -0.1) is 0 Å². The zero-order valence-electron chi connectivity index (χ0n) is 12.0. The lowest BCUT2D eigenvalue weighted by atomic mass is 9.92. The predicted molar refractivity (Wildman–Crippen MR) is 80.2 cm³/mol. The molecule has 0 saturated carbocycles. The number of carboxylic acids is 1. The van der Waals surface area contributed by atoms with E-state index in [9.17, 15) is 9.18 Å². The molecular formula is C17H13FN2O3. The van der Waals surface area contributed by atoms with Gasteiger partial charge < -0.3 is 9.52 Å². The van der Waals surface area contributed by atoms with Gasteiger partial charge in [-0.3, -0.25) is 9.78 Å². The third kappa shape index (κ3) is 3.42. The molecule has 0 radical (unpaired) electrons. The zero-order chi connectivity index (χ0) is 16.2. The maximum absolute atomic E-state index is 14.0. The largest absolute Gasteiger partial charge is 0.481 e. The van der Waals surface area contributed by atoms with E-state index in [0.717, 1.165) is 5.56 Å². The van der Waals surface area contributed by atoms with Crippen LogP contribution in [0.15, 0.2) is 59.6 Å². The number of hydrogen-bond donors (Lipinski definition) is 1. The van der Waals surface area contributed by atoms with E-state index in [1.807, 2.05) is 6.07 Å². The first-order valence-corrected chi connectivity index (χ1v) is 6.95. The molecule has 0 bridgehead atoms. The molecule has 116 valence electrons. The summed E-state index contributed by atoms with van der Waals surface area (Å²) in [6, 6.07) is 7.98. The fourth-order valence-corrected chi connectivity index (χ4v) is 2.44. The number of carbonyl (C=O) groups is 1. The topological polar surface area (TPSA) is 76.2 Å². The van der Waals surface area contributed by atoms with E-state index in [2.05, 4.69) is 9.97 Å². The second-order valence-corrected chi connectivity index (χ2v) is 5.04. The number of oxazole rings is 1. The van der Waals surface area contributed by atoms with Crippen LogP contribution >= 0.6 is 0 Å². The summed E-state index contributed by atoms with van der Waals surface area (Å²) >= 11 is 0. The second-order valence-electron chi connectivity index (χ2n) is 5.04. The molecule has 0 fully saturated rings. The smallest absolute Gasteiger partial charge is 0.304 e. The summed E-state index contributed by atoms with van der Waals surface area (Å²) < 4.78 is 19.3. The van der Waals surface area contributed by atoms with Gasteiger partial charge in [-0.25, -0.2) is 9.37 Å². The lowest BCUT2D eigenvalue weighted by molar-refractivity contribution is -0.137. The Hall–Kier alpha value is -3.02.